The molecule has 0 saturated carbocycles. The van der Waals surface area contributed by atoms with Crippen molar-refractivity contribution in [2.24, 2.45) is 0 Å². The summed E-state index contributed by atoms with van der Waals surface area (Å²) >= 11 is 0. The van der Waals surface area contributed by atoms with Gasteiger partial charge < -0.3 is 9.80 Å². The highest BCUT2D eigenvalue weighted by atomic mass is 19.1. The summed E-state index contributed by atoms with van der Waals surface area (Å²) in [5.41, 5.74) is 4.45. The number of carbonyl (C=O) groups excluding carboxylic acids is 1. The van der Waals surface area contributed by atoms with Gasteiger partial charge in [-0.1, -0.05) is 19.4 Å². The molecule has 0 unspecified atom stereocenters. The minimum Gasteiger partial charge on any atom is -0.372 e. The van der Waals surface area contributed by atoms with Crippen LogP contribution in [0.3, 0.4) is 0 Å². The summed E-state index contributed by atoms with van der Waals surface area (Å²) < 4.78 is 16.8. The fraction of sp³-hybridized carbons (Fsp3) is 0.464. The van der Waals surface area contributed by atoms with Gasteiger partial charge >= 0.3 is 0 Å². The fourth-order valence-electron chi connectivity index (χ4n) is 4.27. The zero-order valence-electron chi connectivity index (χ0n) is 22.1. The molecule has 0 aliphatic rings. The summed E-state index contributed by atoms with van der Waals surface area (Å²) in [5, 5.41) is 4.68. The second kappa shape index (κ2) is 11.5. The third kappa shape index (κ3) is 5.72. The van der Waals surface area contributed by atoms with E-state index in [4.69, 9.17) is 0 Å². The molecule has 1 amide bonds. The molecule has 3 rings (SSSR count). The average molecular weight is 480 g/mol. The third-order valence-electron chi connectivity index (χ3n) is 6.32. The number of nitrogens with zero attached hydrogens (tertiary/aromatic N) is 5. The minimum absolute atomic E-state index is 0.0930. The highest BCUT2D eigenvalue weighted by Gasteiger charge is 2.23. The molecule has 0 fully saturated rings. The highest BCUT2D eigenvalue weighted by Crippen LogP contribution is 2.28. The van der Waals surface area contributed by atoms with E-state index in [-0.39, 0.29) is 17.8 Å². The first kappa shape index (κ1) is 26.4. The third-order valence-corrected chi connectivity index (χ3v) is 6.32. The summed E-state index contributed by atoms with van der Waals surface area (Å²) in [4.78, 5) is 22.1. The molecule has 0 saturated heterocycles. The van der Waals surface area contributed by atoms with Crippen molar-refractivity contribution in [1.82, 2.24) is 19.5 Å². The van der Waals surface area contributed by atoms with Gasteiger partial charge in [0.15, 0.2) is 5.65 Å². The fourth-order valence-corrected chi connectivity index (χ4v) is 4.27. The van der Waals surface area contributed by atoms with E-state index in [2.05, 4.69) is 49.6 Å². The van der Waals surface area contributed by atoms with Crippen LogP contribution in [0, 0.1) is 5.82 Å². The maximum atomic E-state index is 15.2. The van der Waals surface area contributed by atoms with Crippen LogP contribution in [0.4, 0.5) is 10.1 Å². The second-order valence-electron chi connectivity index (χ2n) is 9.18. The molecule has 35 heavy (non-hydrogen) atoms. The molecule has 1 atom stereocenters. The van der Waals surface area contributed by atoms with Crippen molar-refractivity contribution < 1.29 is 9.18 Å². The quantitative estimate of drug-likeness (QED) is 0.335. The number of anilines is 1. The van der Waals surface area contributed by atoms with Gasteiger partial charge in [0.1, 0.15) is 11.5 Å². The van der Waals surface area contributed by atoms with Crippen molar-refractivity contribution in [3.63, 3.8) is 0 Å². The van der Waals surface area contributed by atoms with Crippen molar-refractivity contribution in [2.75, 3.05) is 24.5 Å². The molecule has 6 nitrogen and oxygen atoms in total. The minimum atomic E-state index is -0.330. The number of carbonyl (C=O) groups is 1. The van der Waals surface area contributed by atoms with Crippen molar-refractivity contribution >= 4 is 23.3 Å². The van der Waals surface area contributed by atoms with Crippen LogP contribution in [0.1, 0.15) is 77.5 Å². The predicted octanol–water partition coefficient (Wildman–Crippen LogP) is 6.46. The van der Waals surface area contributed by atoms with E-state index < -0.39 is 0 Å². The van der Waals surface area contributed by atoms with Gasteiger partial charge in [0.05, 0.1) is 11.4 Å². The number of aromatic nitrogens is 3. The van der Waals surface area contributed by atoms with Gasteiger partial charge in [-0.3, -0.25) is 4.79 Å². The molecule has 0 N–H and O–H groups in total. The van der Waals surface area contributed by atoms with Gasteiger partial charge in [0.25, 0.3) is 5.91 Å². The maximum Gasteiger partial charge on any atom is 0.272 e. The zero-order valence-corrected chi connectivity index (χ0v) is 22.1. The number of rotatable bonds is 10. The van der Waals surface area contributed by atoms with E-state index in [0.29, 0.717) is 29.1 Å². The molecule has 1 aromatic carbocycles. The zero-order chi connectivity index (χ0) is 25.7. The Morgan fingerprint density at radius 2 is 1.83 bits per heavy atom. The topological polar surface area (TPSA) is 53.7 Å². The maximum absolute atomic E-state index is 15.2. The van der Waals surface area contributed by atoms with Gasteiger partial charge in [-0.15, -0.1) is 0 Å². The number of hydrogen-bond donors (Lipinski definition) is 0. The lowest BCUT2D eigenvalue weighted by atomic mass is 10.1. The molecule has 3 aromatic rings. The second-order valence-corrected chi connectivity index (χ2v) is 9.18. The Kier molecular flexibility index (Phi) is 8.65. The number of halogens is 1. The summed E-state index contributed by atoms with van der Waals surface area (Å²) in [6.07, 6.45) is 3.71. The van der Waals surface area contributed by atoms with Gasteiger partial charge in [-0.05, 0) is 77.8 Å². The Labute approximate surface area is 208 Å². The van der Waals surface area contributed by atoms with Crippen molar-refractivity contribution in [1.29, 1.82) is 0 Å². The van der Waals surface area contributed by atoms with Crippen LogP contribution in [0.5, 0.6) is 0 Å². The first-order chi connectivity index (χ1) is 16.7. The monoisotopic (exact) mass is 479 g/mol. The predicted molar refractivity (Wildman–Crippen MR) is 142 cm³/mol. The molecule has 0 aliphatic carbocycles. The molecule has 0 spiro atoms. The van der Waals surface area contributed by atoms with E-state index in [1.165, 1.54) is 0 Å². The first-order valence-corrected chi connectivity index (χ1v) is 12.6. The average Bonchev–Trinajstić information content (AvgIpc) is 3.26. The number of benzene rings is 1. The van der Waals surface area contributed by atoms with Crippen LogP contribution in [0.25, 0.3) is 23.0 Å². The molecular weight excluding hydrogens is 441 g/mol. The van der Waals surface area contributed by atoms with Crippen LogP contribution in [0.2, 0.25) is 0 Å². The summed E-state index contributed by atoms with van der Waals surface area (Å²) in [5.74, 6) is -0.423. The smallest absolute Gasteiger partial charge is 0.272 e. The van der Waals surface area contributed by atoms with Crippen LogP contribution in [-0.2, 0) is 0 Å². The Hall–Kier alpha value is -3.22. The highest BCUT2D eigenvalue weighted by molar-refractivity contribution is 5.93. The Bertz CT molecular complexity index is 1210. The molecule has 0 aliphatic heterocycles. The van der Waals surface area contributed by atoms with Crippen LogP contribution < -0.4 is 4.90 Å². The van der Waals surface area contributed by atoms with E-state index >= 15 is 4.39 Å². The normalized spacial score (nSPS) is 12.0. The lowest BCUT2D eigenvalue weighted by Crippen LogP contribution is -2.39. The van der Waals surface area contributed by atoms with Gasteiger partial charge in [-0.25, -0.2) is 13.9 Å². The number of fused-ring (bicyclic) bond motifs is 1. The van der Waals surface area contributed by atoms with Crippen molar-refractivity contribution in [3.8, 4) is 11.3 Å². The Morgan fingerprint density at radius 1 is 1.11 bits per heavy atom. The SMILES string of the molecule is CCCN(C(=O)c1cc(C=C(C)C)n2nc(-c3ccc(N(CC)CC)cc3F)cc2n1)[C@H](C)CC. The van der Waals surface area contributed by atoms with Crippen LogP contribution >= 0.6 is 0 Å². The Morgan fingerprint density at radius 3 is 2.40 bits per heavy atom. The van der Waals surface area contributed by atoms with Gasteiger partial charge in [-0.2, -0.15) is 5.10 Å². The molecular formula is C28H38FN5O. The lowest BCUT2D eigenvalue weighted by molar-refractivity contribution is 0.0682. The molecule has 7 heteroatoms. The van der Waals surface area contributed by atoms with Gasteiger partial charge in [0.2, 0.25) is 0 Å². The van der Waals surface area contributed by atoms with Gasteiger partial charge in [0, 0.05) is 43.0 Å². The standard InChI is InChI=1S/C28H38FN5O/c1-8-14-33(20(7)9-2)28(35)26-17-22(15-19(5)6)34-27(30-26)18-25(31-34)23-13-12-21(16-24(23)29)32(10-3)11-4/h12-13,15-18,20H,8-11,14H2,1-7H3/t20-/m1/s1. The van der Waals surface area contributed by atoms with Crippen LogP contribution in [-0.4, -0.2) is 51.1 Å². The van der Waals surface area contributed by atoms with Crippen molar-refractivity contribution in [2.45, 2.75) is 67.3 Å². The van der Waals surface area contributed by atoms with Crippen LogP contribution in [0.15, 0.2) is 35.9 Å². The molecule has 2 aromatic heterocycles. The van der Waals surface area contributed by atoms with E-state index in [0.717, 1.165) is 42.9 Å². The van der Waals surface area contributed by atoms with E-state index in [1.54, 1.807) is 28.8 Å². The Balaban J connectivity index is 2.12. The molecule has 2 heterocycles. The van der Waals surface area contributed by atoms with E-state index in [9.17, 15) is 4.79 Å². The van der Waals surface area contributed by atoms with Crippen molar-refractivity contribution in [3.05, 3.63) is 53.1 Å². The van der Waals surface area contributed by atoms with E-state index in [1.807, 2.05) is 30.9 Å². The molecule has 188 valence electrons. The molecule has 0 bridgehead atoms. The molecule has 0 radical (unpaired) electrons. The number of amides is 1. The summed E-state index contributed by atoms with van der Waals surface area (Å²) in [6.45, 7) is 16.6. The first-order valence-electron chi connectivity index (χ1n) is 12.6. The number of hydrogen-bond acceptors (Lipinski definition) is 4. The number of allylic oxidation sites excluding steroid dienone is 1. The summed E-state index contributed by atoms with van der Waals surface area (Å²) in [6, 6.07) is 8.89. The summed E-state index contributed by atoms with van der Waals surface area (Å²) in [7, 11) is 0. The largest absolute Gasteiger partial charge is 0.372 e. The lowest BCUT2D eigenvalue weighted by Gasteiger charge is -2.28.